The first-order chi connectivity index (χ1) is 8.20. The Morgan fingerprint density at radius 3 is 2.94 bits per heavy atom. The maximum Gasteiger partial charge on any atom is 0.340 e. The van der Waals surface area contributed by atoms with E-state index in [9.17, 15) is 4.79 Å². The minimum absolute atomic E-state index is 0.321. The molecule has 0 radical (unpaired) electrons. The number of fused-ring (bicyclic) bond motifs is 1. The molecule has 0 aliphatic heterocycles. The number of ether oxygens (including phenoxy) is 1. The van der Waals surface area contributed by atoms with E-state index in [1.54, 1.807) is 12.4 Å². The van der Waals surface area contributed by atoms with Gasteiger partial charge in [0, 0.05) is 10.5 Å². The summed E-state index contributed by atoms with van der Waals surface area (Å²) in [7, 11) is 1.40. The Morgan fingerprint density at radius 1 is 1.53 bits per heavy atom. The summed E-state index contributed by atoms with van der Waals surface area (Å²) in [5, 5.41) is 0. The quantitative estimate of drug-likeness (QED) is 0.800. The molecule has 1 aliphatic rings. The molecule has 1 aromatic heterocycles. The average molecular weight is 295 g/mol. The van der Waals surface area contributed by atoms with Crippen LogP contribution in [0, 0.1) is 0 Å². The first kappa shape index (κ1) is 10.8. The van der Waals surface area contributed by atoms with E-state index in [2.05, 4.69) is 25.5 Å². The lowest BCUT2D eigenvalue weighted by Gasteiger charge is -2.06. The van der Waals surface area contributed by atoms with Crippen molar-refractivity contribution in [3.05, 3.63) is 28.5 Å². The molecule has 1 aromatic carbocycles. The molecule has 0 unspecified atom stereocenters. The van der Waals surface area contributed by atoms with E-state index in [-0.39, 0.29) is 5.97 Å². The van der Waals surface area contributed by atoms with Gasteiger partial charge in [0.2, 0.25) is 0 Å². The van der Waals surface area contributed by atoms with E-state index in [4.69, 9.17) is 4.74 Å². The zero-order chi connectivity index (χ0) is 12.0. The second-order valence-electron chi connectivity index (χ2n) is 4.20. The molecular formula is C12H11BrN2O2. The van der Waals surface area contributed by atoms with Gasteiger partial charge in [-0.05, 0) is 25.0 Å². The fraction of sp³-hybridized carbons (Fsp3) is 0.333. The molecule has 1 aliphatic carbocycles. The molecule has 0 N–H and O–H groups in total. The van der Waals surface area contributed by atoms with Crippen molar-refractivity contribution in [1.29, 1.82) is 0 Å². The van der Waals surface area contributed by atoms with Crippen LogP contribution in [0.2, 0.25) is 0 Å². The third-order valence-electron chi connectivity index (χ3n) is 2.98. The maximum atomic E-state index is 11.8. The van der Waals surface area contributed by atoms with Crippen molar-refractivity contribution >= 4 is 32.9 Å². The number of rotatable bonds is 2. The Kier molecular flexibility index (Phi) is 2.43. The Balaban J connectivity index is 2.29. The lowest BCUT2D eigenvalue weighted by atomic mass is 10.2. The molecule has 17 heavy (non-hydrogen) atoms. The number of carbonyl (C=O) groups excluding carboxylic acids is 1. The van der Waals surface area contributed by atoms with Gasteiger partial charge in [-0.2, -0.15) is 0 Å². The Hall–Kier alpha value is -1.36. The summed E-state index contributed by atoms with van der Waals surface area (Å²) < 4.78 is 7.74. The number of aromatic nitrogens is 2. The molecule has 5 heteroatoms. The number of imidazole rings is 1. The van der Waals surface area contributed by atoms with Crippen molar-refractivity contribution in [3.63, 3.8) is 0 Å². The van der Waals surface area contributed by atoms with Crippen LogP contribution in [-0.4, -0.2) is 22.6 Å². The van der Waals surface area contributed by atoms with Crippen LogP contribution in [-0.2, 0) is 4.74 Å². The second-order valence-corrected chi connectivity index (χ2v) is 5.11. The summed E-state index contributed by atoms with van der Waals surface area (Å²) in [4.78, 5) is 16.1. The molecular weight excluding hydrogens is 284 g/mol. The minimum Gasteiger partial charge on any atom is -0.465 e. The van der Waals surface area contributed by atoms with Crippen molar-refractivity contribution in [2.75, 3.05) is 7.11 Å². The van der Waals surface area contributed by atoms with Crippen LogP contribution in [0.3, 0.4) is 0 Å². The number of benzene rings is 1. The van der Waals surface area contributed by atoms with E-state index in [0.29, 0.717) is 11.6 Å². The largest absolute Gasteiger partial charge is 0.465 e. The molecule has 1 saturated carbocycles. The van der Waals surface area contributed by atoms with E-state index in [0.717, 1.165) is 28.3 Å². The normalized spacial score (nSPS) is 15.2. The highest BCUT2D eigenvalue weighted by molar-refractivity contribution is 9.10. The van der Waals surface area contributed by atoms with Crippen molar-refractivity contribution in [3.8, 4) is 0 Å². The molecule has 4 nitrogen and oxygen atoms in total. The van der Waals surface area contributed by atoms with Gasteiger partial charge in [-0.25, -0.2) is 9.78 Å². The van der Waals surface area contributed by atoms with Crippen LogP contribution in [0.15, 0.2) is 22.9 Å². The molecule has 0 bridgehead atoms. The summed E-state index contributed by atoms with van der Waals surface area (Å²) in [5.41, 5.74) is 2.27. The minimum atomic E-state index is -0.321. The monoisotopic (exact) mass is 294 g/mol. The van der Waals surface area contributed by atoms with Gasteiger partial charge in [-0.1, -0.05) is 15.9 Å². The van der Waals surface area contributed by atoms with Crippen molar-refractivity contribution in [2.45, 2.75) is 18.9 Å². The van der Waals surface area contributed by atoms with Crippen LogP contribution in [0.5, 0.6) is 0 Å². The number of nitrogens with zero attached hydrogens (tertiary/aromatic N) is 2. The third-order valence-corrected chi connectivity index (χ3v) is 3.44. The SMILES string of the molecule is COC(=O)c1cc(Br)cc2ncn(C3CC3)c12. The molecule has 88 valence electrons. The highest BCUT2D eigenvalue weighted by atomic mass is 79.9. The van der Waals surface area contributed by atoms with Crippen molar-refractivity contribution in [2.24, 2.45) is 0 Å². The zero-order valence-electron chi connectivity index (χ0n) is 9.31. The number of carbonyl (C=O) groups is 1. The van der Waals surface area contributed by atoms with E-state index in [1.807, 2.05) is 6.07 Å². The van der Waals surface area contributed by atoms with Crippen LogP contribution in [0.4, 0.5) is 0 Å². The predicted octanol–water partition coefficient (Wildman–Crippen LogP) is 2.92. The Labute approximate surface area is 107 Å². The van der Waals surface area contributed by atoms with Crippen molar-refractivity contribution < 1.29 is 9.53 Å². The first-order valence-corrected chi connectivity index (χ1v) is 6.24. The summed E-state index contributed by atoms with van der Waals surface area (Å²) in [6.45, 7) is 0. The Morgan fingerprint density at radius 2 is 2.29 bits per heavy atom. The molecule has 0 atom stereocenters. The molecule has 1 heterocycles. The zero-order valence-corrected chi connectivity index (χ0v) is 10.9. The van der Waals surface area contributed by atoms with Gasteiger partial charge in [-0.15, -0.1) is 0 Å². The lowest BCUT2D eigenvalue weighted by molar-refractivity contribution is 0.0602. The van der Waals surface area contributed by atoms with Gasteiger partial charge in [-0.3, -0.25) is 0 Å². The average Bonchev–Trinajstić information content (AvgIpc) is 3.08. The van der Waals surface area contributed by atoms with Crippen LogP contribution < -0.4 is 0 Å². The fourth-order valence-electron chi connectivity index (χ4n) is 2.03. The topological polar surface area (TPSA) is 44.1 Å². The van der Waals surface area contributed by atoms with Crippen LogP contribution in [0.25, 0.3) is 11.0 Å². The highest BCUT2D eigenvalue weighted by Crippen LogP contribution is 2.38. The van der Waals surface area contributed by atoms with Crippen LogP contribution in [0.1, 0.15) is 29.2 Å². The molecule has 3 rings (SSSR count). The Bertz CT molecular complexity index is 602. The summed E-state index contributed by atoms with van der Waals surface area (Å²) in [6.07, 6.45) is 4.12. The van der Waals surface area contributed by atoms with Gasteiger partial charge >= 0.3 is 5.97 Å². The van der Waals surface area contributed by atoms with Gasteiger partial charge in [0.1, 0.15) is 0 Å². The highest BCUT2D eigenvalue weighted by Gasteiger charge is 2.27. The van der Waals surface area contributed by atoms with Gasteiger partial charge in [0.15, 0.2) is 0 Å². The molecule has 2 aromatic rings. The number of esters is 1. The van der Waals surface area contributed by atoms with E-state index in [1.165, 1.54) is 7.11 Å². The van der Waals surface area contributed by atoms with Gasteiger partial charge in [0.05, 0.1) is 30.0 Å². The molecule has 0 saturated heterocycles. The maximum absolute atomic E-state index is 11.8. The molecule has 1 fully saturated rings. The first-order valence-electron chi connectivity index (χ1n) is 5.45. The van der Waals surface area contributed by atoms with E-state index < -0.39 is 0 Å². The predicted molar refractivity (Wildman–Crippen MR) is 67.0 cm³/mol. The van der Waals surface area contributed by atoms with Crippen molar-refractivity contribution in [1.82, 2.24) is 9.55 Å². The molecule has 0 spiro atoms. The number of hydrogen-bond donors (Lipinski definition) is 0. The van der Waals surface area contributed by atoms with Gasteiger partial charge < -0.3 is 9.30 Å². The summed E-state index contributed by atoms with van der Waals surface area (Å²) in [5.74, 6) is -0.321. The third kappa shape index (κ3) is 1.74. The number of hydrogen-bond acceptors (Lipinski definition) is 3. The standard InChI is InChI=1S/C12H11BrN2O2/c1-17-12(16)9-4-7(13)5-10-11(9)15(6-14-10)8-2-3-8/h4-6,8H,2-3H2,1H3. The summed E-state index contributed by atoms with van der Waals surface area (Å²) in [6, 6.07) is 4.19. The van der Waals surface area contributed by atoms with Gasteiger partial charge in [0.25, 0.3) is 0 Å². The number of methoxy groups -OCH3 is 1. The second kappa shape index (κ2) is 3.84. The smallest absolute Gasteiger partial charge is 0.340 e. The van der Waals surface area contributed by atoms with Crippen LogP contribution >= 0.6 is 15.9 Å². The fourth-order valence-corrected chi connectivity index (χ4v) is 2.48. The molecule has 0 amide bonds. The summed E-state index contributed by atoms with van der Waals surface area (Å²) >= 11 is 3.39. The number of halogens is 1. The lowest BCUT2D eigenvalue weighted by Crippen LogP contribution is -2.05. The van der Waals surface area contributed by atoms with E-state index >= 15 is 0 Å².